The number of nitro benzene ring substituents is 1. The number of hydrogen-bond donors (Lipinski definition) is 2. The number of non-ortho nitro benzene ring substituents is 1. The van der Waals surface area contributed by atoms with Gasteiger partial charge in [-0.15, -0.1) is 11.3 Å². The summed E-state index contributed by atoms with van der Waals surface area (Å²) in [4.78, 5) is 15.1. The largest absolute Gasteiger partial charge is 0.378 e. The number of benzene rings is 1. The van der Waals surface area contributed by atoms with Gasteiger partial charge in [0.1, 0.15) is 4.90 Å². The van der Waals surface area contributed by atoms with E-state index in [0.717, 1.165) is 21.6 Å². The van der Waals surface area contributed by atoms with Gasteiger partial charge in [-0.3, -0.25) is 10.1 Å². The normalized spacial score (nSPS) is 11.4. The number of hydrogen-bond acceptors (Lipinski definition) is 7. The molecule has 0 aliphatic heterocycles. The molecule has 0 unspecified atom stereocenters. The van der Waals surface area contributed by atoms with E-state index in [1.807, 2.05) is 13.8 Å². The lowest BCUT2D eigenvalue weighted by Crippen LogP contribution is -2.15. The van der Waals surface area contributed by atoms with Gasteiger partial charge in [0.25, 0.3) is 5.69 Å². The Morgan fingerprint density at radius 1 is 1.41 bits per heavy atom. The number of rotatable bonds is 5. The van der Waals surface area contributed by atoms with Crippen LogP contribution in [0.2, 0.25) is 0 Å². The van der Waals surface area contributed by atoms with E-state index in [0.29, 0.717) is 6.54 Å². The molecular weight excluding hydrogens is 328 g/mol. The van der Waals surface area contributed by atoms with E-state index < -0.39 is 14.9 Å². The van der Waals surface area contributed by atoms with E-state index in [1.165, 1.54) is 23.5 Å². The number of aryl methyl sites for hydroxylation is 2. The molecule has 0 aliphatic rings. The van der Waals surface area contributed by atoms with Gasteiger partial charge >= 0.3 is 0 Å². The minimum Gasteiger partial charge on any atom is -0.378 e. The second kappa shape index (κ2) is 5.99. The van der Waals surface area contributed by atoms with Crippen LogP contribution in [-0.2, 0) is 16.6 Å². The van der Waals surface area contributed by atoms with Crippen molar-refractivity contribution in [3.8, 4) is 0 Å². The summed E-state index contributed by atoms with van der Waals surface area (Å²) in [6, 6.07) is 3.49. The lowest BCUT2D eigenvalue weighted by molar-refractivity contribution is -0.385. The van der Waals surface area contributed by atoms with Crippen LogP contribution in [0.5, 0.6) is 0 Å². The number of thiazole rings is 1. The maximum Gasteiger partial charge on any atom is 0.270 e. The van der Waals surface area contributed by atoms with Crippen molar-refractivity contribution in [2.24, 2.45) is 5.14 Å². The highest BCUT2D eigenvalue weighted by Crippen LogP contribution is 2.26. The molecule has 1 aromatic heterocycles. The quantitative estimate of drug-likeness (QED) is 0.631. The summed E-state index contributed by atoms with van der Waals surface area (Å²) in [7, 11) is -4.08. The first-order chi connectivity index (χ1) is 10.2. The summed E-state index contributed by atoms with van der Waals surface area (Å²) in [6.45, 7) is 4.09. The van der Waals surface area contributed by atoms with E-state index in [2.05, 4.69) is 10.3 Å². The van der Waals surface area contributed by atoms with E-state index in [-0.39, 0.29) is 16.3 Å². The summed E-state index contributed by atoms with van der Waals surface area (Å²) in [5, 5.41) is 19.7. The van der Waals surface area contributed by atoms with E-state index >= 15 is 0 Å². The van der Waals surface area contributed by atoms with Crippen molar-refractivity contribution in [1.29, 1.82) is 0 Å². The van der Waals surface area contributed by atoms with Crippen LogP contribution in [0.3, 0.4) is 0 Å². The molecule has 1 aromatic carbocycles. The van der Waals surface area contributed by atoms with Gasteiger partial charge in [-0.05, 0) is 19.9 Å². The molecule has 0 spiro atoms. The molecule has 8 nitrogen and oxygen atoms in total. The first-order valence-electron chi connectivity index (χ1n) is 6.16. The SMILES string of the molecule is Cc1nc(CNc2ccc([N+](=O)[O-])cc2S(N)(=O)=O)c(C)s1. The summed E-state index contributed by atoms with van der Waals surface area (Å²) < 4.78 is 23.2. The highest BCUT2D eigenvalue weighted by atomic mass is 32.2. The van der Waals surface area contributed by atoms with Gasteiger partial charge in [0.15, 0.2) is 0 Å². The minimum absolute atomic E-state index is 0.207. The molecule has 2 aromatic rings. The van der Waals surface area contributed by atoms with Gasteiger partial charge in [0.2, 0.25) is 10.0 Å². The fourth-order valence-corrected chi connectivity index (χ4v) is 3.49. The zero-order valence-corrected chi connectivity index (χ0v) is 13.5. The molecule has 0 radical (unpaired) electrons. The Hall–Kier alpha value is -2.04. The Bertz CT molecular complexity index is 830. The average molecular weight is 342 g/mol. The highest BCUT2D eigenvalue weighted by Gasteiger charge is 2.19. The van der Waals surface area contributed by atoms with E-state index in [9.17, 15) is 18.5 Å². The Labute approximate surface area is 131 Å². The Kier molecular flexibility index (Phi) is 4.44. The Balaban J connectivity index is 2.34. The van der Waals surface area contributed by atoms with Crippen LogP contribution >= 0.6 is 11.3 Å². The monoisotopic (exact) mass is 342 g/mol. The summed E-state index contributed by atoms with van der Waals surface area (Å²) in [5.74, 6) is 0. The standard InChI is InChI=1S/C12H14N4O4S2/c1-7-11(15-8(2)21-7)6-14-10-4-3-9(16(17)18)5-12(10)22(13,19)20/h3-5,14H,6H2,1-2H3,(H2,13,19,20). The van der Waals surface area contributed by atoms with Gasteiger partial charge in [0, 0.05) is 17.0 Å². The lowest BCUT2D eigenvalue weighted by Gasteiger charge is -2.10. The van der Waals surface area contributed by atoms with E-state index in [4.69, 9.17) is 5.14 Å². The third kappa shape index (κ3) is 3.59. The summed E-state index contributed by atoms with van der Waals surface area (Å²) >= 11 is 1.54. The van der Waals surface area contributed by atoms with Crippen LogP contribution < -0.4 is 10.5 Å². The Morgan fingerprint density at radius 2 is 2.09 bits per heavy atom. The van der Waals surface area contributed by atoms with Crippen LogP contribution in [0.15, 0.2) is 23.1 Å². The van der Waals surface area contributed by atoms with Gasteiger partial charge in [-0.1, -0.05) is 0 Å². The number of nitrogens with one attached hydrogen (secondary N) is 1. The first-order valence-corrected chi connectivity index (χ1v) is 8.53. The van der Waals surface area contributed by atoms with Crippen molar-refractivity contribution >= 4 is 32.7 Å². The minimum atomic E-state index is -4.08. The third-order valence-electron chi connectivity index (χ3n) is 2.93. The van der Waals surface area contributed by atoms with Crippen LogP contribution in [0.25, 0.3) is 0 Å². The molecule has 0 saturated carbocycles. The maximum atomic E-state index is 11.6. The molecule has 0 saturated heterocycles. The number of nitrogens with two attached hydrogens (primary N) is 1. The molecule has 3 N–H and O–H groups in total. The highest BCUT2D eigenvalue weighted by molar-refractivity contribution is 7.89. The predicted molar refractivity (Wildman–Crippen MR) is 83.4 cm³/mol. The molecule has 0 bridgehead atoms. The second-order valence-corrected chi connectivity index (χ2v) is 7.51. The van der Waals surface area contributed by atoms with Crippen LogP contribution in [0.4, 0.5) is 11.4 Å². The summed E-state index contributed by atoms with van der Waals surface area (Å²) in [5.41, 5.74) is 0.662. The lowest BCUT2D eigenvalue weighted by atomic mass is 10.2. The average Bonchev–Trinajstić information content (AvgIpc) is 2.73. The van der Waals surface area contributed by atoms with Gasteiger partial charge in [0.05, 0.1) is 27.9 Å². The van der Waals surface area contributed by atoms with Gasteiger partial charge in [-0.25, -0.2) is 18.5 Å². The smallest absolute Gasteiger partial charge is 0.270 e. The molecule has 22 heavy (non-hydrogen) atoms. The number of primary sulfonamides is 1. The number of anilines is 1. The van der Waals surface area contributed by atoms with Crippen molar-refractivity contribution in [2.75, 3.05) is 5.32 Å². The van der Waals surface area contributed by atoms with Crippen molar-refractivity contribution < 1.29 is 13.3 Å². The van der Waals surface area contributed by atoms with Crippen LogP contribution in [0, 0.1) is 24.0 Å². The van der Waals surface area contributed by atoms with Gasteiger partial charge in [-0.2, -0.15) is 0 Å². The molecule has 0 amide bonds. The molecule has 118 valence electrons. The molecule has 0 aliphatic carbocycles. The number of nitrogens with zero attached hydrogens (tertiary/aromatic N) is 2. The Morgan fingerprint density at radius 3 is 2.59 bits per heavy atom. The fraction of sp³-hybridized carbons (Fsp3) is 0.250. The molecule has 2 rings (SSSR count). The zero-order valence-electron chi connectivity index (χ0n) is 11.9. The first kappa shape index (κ1) is 16.3. The fourth-order valence-electron chi connectivity index (χ4n) is 1.92. The van der Waals surface area contributed by atoms with Crippen LogP contribution in [0.1, 0.15) is 15.6 Å². The molecule has 10 heteroatoms. The van der Waals surface area contributed by atoms with Crippen molar-refractivity contribution in [2.45, 2.75) is 25.3 Å². The third-order valence-corrected chi connectivity index (χ3v) is 4.81. The molecule has 0 fully saturated rings. The summed E-state index contributed by atoms with van der Waals surface area (Å²) in [6.07, 6.45) is 0. The van der Waals surface area contributed by atoms with Crippen molar-refractivity contribution in [1.82, 2.24) is 4.98 Å². The van der Waals surface area contributed by atoms with Crippen molar-refractivity contribution in [3.05, 3.63) is 43.9 Å². The molecular formula is C12H14N4O4S2. The van der Waals surface area contributed by atoms with Gasteiger partial charge < -0.3 is 5.32 Å². The van der Waals surface area contributed by atoms with Crippen molar-refractivity contribution in [3.63, 3.8) is 0 Å². The van der Waals surface area contributed by atoms with Crippen LogP contribution in [-0.4, -0.2) is 18.3 Å². The number of sulfonamides is 1. The topological polar surface area (TPSA) is 128 Å². The molecule has 1 heterocycles. The maximum absolute atomic E-state index is 11.6. The van der Waals surface area contributed by atoms with E-state index in [1.54, 1.807) is 0 Å². The predicted octanol–water partition coefficient (Wildman–Crippen LogP) is 1.93. The number of aromatic nitrogens is 1. The second-order valence-electron chi connectivity index (χ2n) is 4.57. The zero-order chi connectivity index (χ0) is 16.5. The number of nitro groups is 1. The molecule has 0 atom stereocenters.